The van der Waals surface area contributed by atoms with Crippen molar-refractivity contribution in [2.75, 3.05) is 6.61 Å². The molecule has 1 nitrogen and oxygen atoms in total. The second-order valence-corrected chi connectivity index (χ2v) is 2.24. The van der Waals surface area contributed by atoms with Crippen LogP contribution in [-0.4, -0.2) is 6.61 Å². The van der Waals surface area contributed by atoms with Gasteiger partial charge in [0.05, 0.1) is 6.61 Å². The highest BCUT2D eigenvalue weighted by Gasteiger charge is 1.90. The highest BCUT2D eigenvalue weighted by atomic mass is 35.5. The molecule has 0 aliphatic rings. The number of rotatable bonds is 2. The first-order valence-electron chi connectivity index (χ1n) is 3.00. The van der Waals surface area contributed by atoms with Crippen LogP contribution in [0.5, 0.6) is 5.75 Å². The number of halogens is 1. The van der Waals surface area contributed by atoms with Gasteiger partial charge in [-0.2, -0.15) is 0 Å². The van der Waals surface area contributed by atoms with Gasteiger partial charge in [-0.05, 0) is 25.1 Å². The Kier molecular flexibility index (Phi) is 2.57. The Morgan fingerprint density at radius 2 is 2.30 bits per heavy atom. The van der Waals surface area contributed by atoms with Gasteiger partial charge in [0.2, 0.25) is 0 Å². The van der Waals surface area contributed by atoms with Gasteiger partial charge in [-0.3, -0.25) is 0 Å². The van der Waals surface area contributed by atoms with Crippen LogP contribution in [0.25, 0.3) is 0 Å². The van der Waals surface area contributed by atoms with Crippen molar-refractivity contribution < 1.29 is 4.74 Å². The third kappa shape index (κ3) is 1.92. The molecule has 0 aliphatic heterocycles. The summed E-state index contributed by atoms with van der Waals surface area (Å²) < 4.78 is 5.09. The zero-order valence-corrected chi connectivity index (χ0v) is 6.27. The average molecular weight is 156 g/mol. The lowest BCUT2D eigenvalue weighted by atomic mass is 10.3. The van der Waals surface area contributed by atoms with Crippen molar-refractivity contribution in [3.63, 3.8) is 0 Å². The number of ether oxygens (including phenoxy) is 1. The fourth-order valence-electron chi connectivity index (χ4n) is 0.675. The van der Waals surface area contributed by atoms with Crippen LogP contribution in [-0.2, 0) is 0 Å². The average Bonchev–Trinajstić information content (AvgIpc) is 1.88. The van der Waals surface area contributed by atoms with Gasteiger partial charge in [-0.25, -0.2) is 0 Å². The van der Waals surface area contributed by atoms with Crippen molar-refractivity contribution in [1.29, 1.82) is 0 Å². The summed E-state index contributed by atoms with van der Waals surface area (Å²) in [7, 11) is 0. The van der Waals surface area contributed by atoms with Crippen molar-refractivity contribution >= 4 is 11.6 Å². The van der Waals surface area contributed by atoms with Gasteiger partial charge < -0.3 is 4.74 Å². The molecular formula is C8H8ClO. The minimum absolute atomic E-state index is 0.431. The van der Waals surface area contributed by atoms with Gasteiger partial charge in [-0.15, -0.1) is 0 Å². The number of hydrogen-bond donors (Lipinski definition) is 0. The second-order valence-electron chi connectivity index (χ2n) is 1.81. The smallest absolute Gasteiger partial charge is 0.120 e. The van der Waals surface area contributed by atoms with E-state index < -0.39 is 0 Å². The minimum atomic E-state index is 0.431. The van der Waals surface area contributed by atoms with E-state index in [1.165, 1.54) is 0 Å². The summed E-state index contributed by atoms with van der Waals surface area (Å²) in [4.78, 5) is 0. The van der Waals surface area contributed by atoms with Crippen LogP contribution in [0.2, 0.25) is 5.02 Å². The molecule has 0 bridgehead atoms. The predicted octanol–water partition coefficient (Wildman–Crippen LogP) is 2.55. The molecule has 2 heteroatoms. The van der Waals surface area contributed by atoms with Gasteiger partial charge in [0.25, 0.3) is 0 Å². The minimum Gasteiger partial charge on any atom is -0.494 e. The Balaban J connectivity index is 2.75. The molecule has 0 amide bonds. The van der Waals surface area contributed by atoms with Gasteiger partial charge in [0.1, 0.15) is 5.75 Å². The molecule has 0 saturated carbocycles. The predicted molar refractivity (Wildman–Crippen MR) is 42.3 cm³/mol. The Labute approximate surface area is 65.6 Å². The maximum absolute atomic E-state index is 5.68. The van der Waals surface area contributed by atoms with Gasteiger partial charge in [-0.1, -0.05) is 17.7 Å². The van der Waals surface area contributed by atoms with Crippen LogP contribution in [0.15, 0.2) is 24.3 Å². The maximum Gasteiger partial charge on any atom is 0.120 e. The van der Waals surface area contributed by atoms with Crippen LogP contribution < -0.4 is 4.74 Å². The van der Waals surface area contributed by atoms with E-state index in [0.717, 1.165) is 5.75 Å². The Morgan fingerprint density at radius 1 is 1.50 bits per heavy atom. The van der Waals surface area contributed by atoms with Crippen molar-refractivity contribution in [1.82, 2.24) is 0 Å². The van der Waals surface area contributed by atoms with Crippen LogP contribution >= 0.6 is 11.6 Å². The van der Waals surface area contributed by atoms with Gasteiger partial charge in [0, 0.05) is 5.02 Å². The highest BCUT2D eigenvalue weighted by Crippen LogP contribution is 2.16. The SMILES string of the molecule is [CH2]COc1cccc(Cl)c1. The van der Waals surface area contributed by atoms with E-state index in [1.807, 2.05) is 12.1 Å². The molecular weight excluding hydrogens is 148 g/mol. The quantitative estimate of drug-likeness (QED) is 0.638. The highest BCUT2D eigenvalue weighted by molar-refractivity contribution is 6.30. The Bertz CT molecular complexity index is 210. The molecule has 0 saturated heterocycles. The first kappa shape index (κ1) is 7.42. The molecule has 0 atom stereocenters. The number of hydrogen-bond acceptors (Lipinski definition) is 1. The normalized spacial score (nSPS) is 9.40. The zero-order valence-electron chi connectivity index (χ0n) is 5.51. The molecule has 10 heavy (non-hydrogen) atoms. The van der Waals surface area contributed by atoms with E-state index in [0.29, 0.717) is 11.6 Å². The molecule has 0 heterocycles. The fourth-order valence-corrected chi connectivity index (χ4v) is 0.855. The second kappa shape index (κ2) is 3.47. The summed E-state index contributed by atoms with van der Waals surface area (Å²) in [5.74, 6) is 0.766. The molecule has 0 N–H and O–H groups in total. The first-order chi connectivity index (χ1) is 4.83. The lowest BCUT2D eigenvalue weighted by molar-refractivity contribution is 0.361. The molecule has 0 aliphatic carbocycles. The van der Waals surface area contributed by atoms with Crippen LogP contribution in [0.1, 0.15) is 0 Å². The van der Waals surface area contributed by atoms with Crippen molar-refractivity contribution in [3.05, 3.63) is 36.2 Å². The van der Waals surface area contributed by atoms with Crippen LogP contribution in [0.3, 0.4) is 0 Å². The first-order valence-corrected chi connectivity index (χ1v) is 3.38. The molecule has 0 fully saturated rings. The van der Waals surface area contributed by atoms with E-state index in [1.54, 1.807) is 12.1 Å². The molecule has 0 aromatic heterocycles. The molecule has 1 aromatic rings. The maximum atomic E-state index is 5.68. The summed E-state index contributed by atoms with van der Waals surface area (Å²) in [5, 5.41) is 0.686. The molecule has 1 radical (unpaired) electrons. The summed E-state index contributed by atoms with van der Waals surface area (Å²) in [5.41, 5.74) is 0. The number of benzene rings is 1. The third-order valence-electron chi connectivity index (χ3n) is 1.06. The summed E-state index contributed by atoms with van der Waals surface area (Å²) >= 11 is 5.68. The summed E-state index contributed by atoms with van der Waals surface area (Å²) in [6, 6.07) is 7.24. The molecule has 0 spiro atoms. The molecule has 0 unspecified atom stereocenters. The van der Waals surface area contributed by atoms with E-state index in [9.17, 15) is 0 Å². The largest absolute Gasteiger partial charge is 0.494 e. The third-order valence-corrected chi connectivity index (χ3v) is 1.30. The lowest BCUT2D eigenvalue weighted by Gasteiger charge is -2.00. The monoisotopic (exact) mass is 155 g/mol. The van der Waals surface area contributed by atoms with E-state index in [4.69, 9.17) is 16.3 Å². The lowest BCUT2D eigenvalue weighted by Crippen LogP contribution is -1.90. The molecule has 53 valence electrons. The van der Waals surface area contributed by atoms with Crippen molar-refractivity contribution in [2.24, 2.45) is 0 Å². The van der Waals surface area contributed by atoms with Crippen LogP contribution in [0, 0.1) is 6.92 Å². The molecule has 1 aromatic carbocycles. The van der Waals surface area contributed by atoms with Crippen molar-refractivity contribution in [2.45, 2.75) is 0 Å². The van der Waals surface area contributed by atoms with E-state index >= 15 is 0 Å². The molecule has 1 rings (SSSR count). The fraction of sp³-hybridized carbons (Fsp3) is 0.125. The Hall–Kier alpha value is -0.690. The topological polar surface area (TPSA) is 9.23 Å². The van der Waals surface area contributed by atoms with Crippen molar-refractivity contribution in [3.8, 4) is 5.75 Å². The summed E-state index contributed by atoms with van der Waals surface area (Å²) in [6.45, 7) is 3.98. The standard InChI is InChI=1S/C8H8ClO/c1-2-10-8-5-3-4-7(9)6-8/h3-6H,1-2H2. The van der Waals surface area contributed by atoms with E-state index in [-0.39, 0.29) is 0 Å². The zero-order chi connectivity index (χ0) is 7.40. The van der Waals surface area contributed by atoms with Crippen LogP contribution in [0.4, 0.5) is 0 Å². The van der Waals surface area contributed by atoms with Gasteiger partial charge >= 0.3 is 0 Å². The van der Waals surface area contributed by atoms with Gasteiger partial charge in [0.15, 0.2) is 0 Å². The van der Waals surface area contributed by atoms with E-state index in [2.05, 4.69) is 6.92 Å². The Morgan fingerprint density at radius 3 is 2.90 bits per heavy atom. The summed E-state index contributed by atoms with van der Waals surface area (Å²) in [6.07, 6.45) is 0.